The molecule has 0 aliphatic rings. The van der Waals surface area contributed by atoms with Crippen LogP contribution in [0.25, 0.3) is 10.9 Å². The number of hydrogen-bond acceptors (Lipinski definition) is 4. The zero-order valence-electron chi connectivity index (χ0n) is 12.8. The minimum absolute atomic E-state index is 0.133. The number of rotatable bonds is 4. The second-order valence-electron chi connectivity index (χ2n) is 5.25. The second kappa shape index (κ2) is 5.93. The van der Waals surface area contributed by atoms with Crippen LogP contribution in [0.5, 0.6) is 0 Å². The molecule has 0 spiro atoms. The summed E-state index contributed by atoms with van der Waals surface area (Å²) in [5.74, 6) is 0.513. The summed E-state index contributed by atoms with van der Waals surface area (Å²) in [6.45, 7) is 3.99. The number of carbonyl (C=O) groups is 1. The van der Waals surface area contributed by atoms with E-state index in [0.717, 1.165) is 32.9 Å². The number of thioether (sulfide) groups is 1. The van der Waals surface area contributed by atoms with Gasteiger partial charge in [0, 0.05) is 29.4 Å². The van der Waals surface area contributed by atoms with E-state index < -0.39 is 0 Å². The minimum Gasteiger partial charge on any atom is -0.351 e. The van der Waals surface area contributed by atoms with E-state index in [4.69, 9.17) is 0 Å². The van der Waals surface area contributed by atoms with Crippen molar-refractivity contribution in [2.24, 2.45) is 7.05 Å². The number of benzene rings is 1. The molecule has 2 heterocycles. The van der Waals surface area contributed by atoms with Gasteiger partial charge in [-0.3, -0.25) is 4.79 Å². The second-order valence-corrected chi connectivity index (χ2v) is 6.22. The summed E-state index contributed by atoms with van der Waals surface area (Å²) in [6, 6.07) is 9.80. The fourth-order valence-corrected chi connectivity index (χ4v) is 3.32. The largest absolute Gasteiger partial charge is 0.351 e. The average molecular weight is 311 g/mol. The van der Waals surface area contributed by atoms with Gasteiger partial charge < -0.3 is 4.57 Å². The molecule has 5 heteroatoms. The number of carbonyl (C=O) groups excluding carboxylic acids is 1. The van der Waals surface area contributed by atoms with E-state index in [2.05, 4.69) is 9.97 Å². The molecule has 0 aliphatic carbocycles. The third kappa shape index (κ3) is 2.64. The van der Waals surface area contributed by atoms with Crippen molar-refractivity contribution in [1.82, 2.24) is 14.5 Å². The summed E-state index contributed by atoms with van der Waals surface area (Å²) in [4.78, 5) is 21.0. The lowest BCUT2D eigenvalue weighted by Crippen LogP contribution is -2.05. The van der Waals surface area contributed by atoms with Gasteiger partial charge in [0.2, 0.25) is 0 Å². The third-order valence-corrected chi connectivity index (χ3v) is 4.93. The van der Waals surface area contributed by atoms with Crippen LogP contribution in [0.3, 0.4) is 0 Å². The smallest absolute Gasteiger partial charge is 0.174 e. The lowest BCUT2D eigenvalue weighted by atomic mass is 10.2. The highest BCUT2D eigenvalue weighted by Gasteiger charge is 2.15. The molecule has 0 radical (unpaired) electrons. The molecule has 3 rings (SSSR count). The van der Waals surface area contributed by atoms with Crippen LogP contribution < -0.4 is 0 Å². The van der Waals surface area contributed by atoms with Gasteiger partial charge in [-0.2, -0.15) is 0 Å². The maximum absolute atomic E-state index is 12.5. The molecule has 1 aromatic carbocycles. The summed E-state index contributed by atoms with van der Waals surface area (Å²) in [5.41, 5.74) is 3.80. The molecule has 0 unspecified atom stereocenters. The van der Waals surface area contributed by atoms with Crippen LogP contribution in [0.2, 0.25) is 0 Å². The molecule has 3 aromatic rings. The maximum Gasteiger partial charge on any atom is 0.174 e. The SMILES string of the molecule is Cc1cc(C(=O)CSc2ncnc3ccccc23)c(C)n1C. The first kappa shape index (κ1) is 14.8. The number of aromatic nitrogens is 3. The standard InChI is InChI=1S/C17H17N3OS/c1-11-8-14(12(2)20(11)3)16(21)9-22-17-13-6-4-5-7-15(13)18-10-19-17/h4-8,10H,9H2,1-3H3. The number of nitrogens with zero attached hydrogens (tertiary/aromatic N) is 3. The lowest BCUT2D eigenvalue weighted by Gasteiger charge is -2.05. The number of ketones is 1. The van der Waals surface area contributed by atoms with Crippen LogP contribution in [-0.2, 0) is 7.05 Å². The van der Waals surface area contributed by atoms with Crippen LogP contribution >= 0.6 is 11.8 Å². The van der Waals surface area contributed by atoms with E-state index in [1.54, 1.807) is 6.33 Å². The molecule has 2 aromatic heterocycles. The Kier molecular flexibility index (Phi) is 3.98. The number of para-hydroxylation sites is 1. The highest BCUT2D eigenvalue weighted by atomic mass is 32.2. The zero-order valence-corrected chi connectivity index (χ0v) is 13.6. The van der Waals surface area contributed by atoms with Crippen molar-refractivity contribution < 1.29 is 4.79 Å². The van der Waals surface area contributed by atoms with E-state index >= 15 is 0 Å². The van der Waals surface area contributed by atoms with E-state index in [9.17, 15) is 4.79 Å². The van der Waals surface area contributed by atoms with Crippen LogP contribution in [0, 0.1) is 13.8 Å². The molecular weight excluding hydrogens is 294 g/mol. The van der Waals surface area contributed by atoms with Gasteiger partial charge in [-0.15, -0.1) is 0 Å². The Morgan fingerprint density at radius 1 is 1.23 bits per heavy atom. The monoisotopic (exact) mass is 311 g/mol. The van der Waals surface area contributed by atoms with Gasteiger partial charge in [-0.05, 0) is 26.0 Å². The fraction of sp³-hybridized carbons (Fsp3) is 0.235. The normalized spacial score (nSPS) is 11.0. The number of hydrogen-bond donors (Lipinski definition) is 0. The molecule has 0 aliphatic heterocycles. The molecule has 0 atom stereocenters. The van der Waals surface area contributed by atoms with E-state index in [0.29, 0.717) is 5.75 Å². The average Bonchev–Trinajstić information content (AvgIpc) is 2.80. The van der Waals surface area contributed by atoms with E-state index in [-0.39, 0.29) is 5.78 Å². The quantitative estimate of drug-likeness (QED) is 0.420. The highest BCUT2D eigenvalue weighted by Crippen LogP contribution is 2.25. The Balaban J connectivity index is 1.82. The predicted molar refractivity (Wildman–Crippen MR) is 89.5 cm³/mol. The highest BCUT2D eigenvalue weighted by molar-refractivity contribution is 8.00. The Morgan fingerprint density at radius 2 is 2.00 bits per heavy atom. The molecule has 112 valence electrons. The molecule has 0 saturated carbocycles. The summed E-state index contributed by atoms with van der Waals surface area (Å²) < 4.78 is 2.04. The molecule has 4 nitrogen and oxygen atoms in total. The zero-order chi connectivity index (χ0) is 15.7. The van der Waals surface area contributed by atoms with Crippen LogP contribution in [-0.4, -0.2) is 26.1 Å². The van der Waals surface area contributed by atoms with Crippen LogP contribution in [0.4, 0.5) is 0 Å². The first-order chi connectivity index (χ1) is 10.6. The van der Waals surface area contributed by atoms with Gasteiger partial charge in [0.15, 0.2) is 5.78 Å². The lowest BCUT2D eigenvalue weighted by molar-refractivity contribution is 0.102. The van der Waals surface area contributed by atoms with Crippen molar-refractivity contribution in [3.05, 3.63) is 53.6 Å². The molecule has 0 fully saturated rings. The Bertz CT molecular complexity index is 849. The summed E-state index contributed by atoms with van der Waals surface area (Å²) in [6.07, 6.45) is 1.55. The van der Waals surface area contributed by atoms with Crippen molar-refractivity contribution in [2.75, 3.05) is 5.75 Å². The molecule has 0 saturated heterocycles. The Hall–Kier alpha value is -2.14. The predicted octanol–water partition coefficient (Wildman–Crippen LogP) is 3.56. The van der Waals surface area contributed by atoms with Crippen LogP contribution in [0.15, 0.2) is 41.7 Å². The maximum atomic E-state index is 12.5. The van der Waals surface area contributed by atoms with E-state index in [1.165, 1.54) is 11.8 Å². The third-order valence-electron chi connectivity index (χ3n) is 3.92. The van der Waals surface area contributed by atoms with Crippen LogP contribution in [0.1, 0.15) is 21.7 Å². The Morgan fingerprint density at radius 3 is 2.73 bits per heavy atom. The minimum atomic E-state index is 0.133. The number of Topliss-reactive ketones (excluding diaryl/α,β-unsaturated/α-hetero) is 1. The molecule has 22 heavy (non-hydrogen) atoms. The first-order valence-electron chi connectivity index (χ1n) is 7.06. The topological polar surface area (TPSA) is 47.8 Å². The number of aryl methyl sites for hydroxylation is 1. The van der Waals surface area contributed by atoms with Crippen molar-refractivity contribution in [3.63, 3.8) is 0 Å². The van der Waals surface area contributed by atoms with Crippen molar-refractivity contribution in [2.45, 2.75) is 18.9 Å². The van der Waals surface area contributed by atoms with Gasteiger partial charge >= 0.3 is 0 Å². The fourth-order valence-electron chi connectivity index (χ4n) is 2.44. The number of fused-ring (bicyclic) bond motifs is 1. The van der Waals surface area contributed by atoms with Crippen molar-refractivity contribution >= 4 is 28.4 Å². The Labute approximate surface area is 133 Å². The summed E-state index contributed by atoms with van der Waals surface area (Å²) in [7, 11) is 1.98. The van der Waals surface area contributed by atoms with E-state index in [1.807, 2.05) is 55.8 Å². The van der Waals surface area contributed by atoms with Crippen molar-refractivity contribution in [3.8, 4) is 0 Å². The molecule has 0 N–H and O–H groups in total. The van der Waals surface area contributed by atoms with Gasteiger partial charge in [0.1, 0.15) is 11.4 Å². The van der Waals surface area contributed by atoms with Gasteiger partial charge in [0.05, 0.1) is 11.3 Å². The first-order valence-corrected chi connectivity index (χ1v) is 8.05. The molecular formula is C17H17N3OS. The van der Waals surface area contributed by atoms with Gasteiger partial charge in [-0.1, -0.05) is 30.0 Å². The van der Waals surface area contributed by atoms with Gasteiger partial charge in [0.25, 0.3) is 0 Å². The van der Waals surface area contributed by atoms with Gasteiger partial charge in [-0.25, -0.2) is 9.97 Å². The summed E-state index contributed by atoms with van der Waals surface area (Å²) >= 11 is 1.47. The van der Waals surface area contributed by atoms with Crippen molar-refractivity contribution in [1.29, 1.82) is 0 Å². The summed E-state index contributed by atoms with van der Waals surface area (Å²) in [5, 5.41) is 1.84. The molecule has 0 amide bonds. The molecule has 0 bridgehead atoms.